The lowest BCUT2D eigenvalue weighted by Crippen LogP contribution is -2.36. The van der Waals surface area contributed by atoms with E-state index in [1.54, 1.807) is 0 Å². The van der Waals surface area contributed by atoms with Crippen molar-refractivity contribution in [3.63, 3.8) is 0 Å². The Morgan fingerprint density at radius 3 is 3.05 bits per heavy atom. The van der Waals surface area contributed by atoms with Crippen LogP contribution in [0.2, 0.25) is 5.02 Å². The van der Waals surface area contributed by atoms with Gasteiger partial charge in [-0.2, -0.15) is 0 Å². The summed E-state index contributed by atoms with van der Waals surface area (Å²) < 4.78 is 10.6. The Hall–Kier alpha value is -1.46. The number of carboxylic acid groups (broad SMARTS) is 1. The van der Waals surface area contributed by atoms with E-state index in [2.05, 4.69) is 5.32 Å². The van der Waals surface area contributed by atoms with Crippen LogP contribution in [0.5, 0.6) is 11.5 Å². The average Bonchev–Trinajstić information content (AvgIpc) is 2.94. The first-order valence-electron chi connectivity index (χ1n) is 7.17. The summed E-state index contributed by atoms with van der Waals surface area (Å²) in [7, 11) is 0. The Bertz CT molecular complexity index is 549. The van der Waals surface area contributed by atoms with Crippen LogP contribution in [0.25, 0.3) is 0 Å². The molecule has 1 aromatic carbocycles. The second kappa shape index (κ2) is 6.12. The van der Waals surface area contributed by atoms with E-state index in [0.29, 0.717) is 29.5 Å². The van der Waals surface area contributed by atoms with Crippen LogP contribution >= 0.6 is 11.6 Å². The van der Waals surface area contributed by atoms with Gasteiger partial charge in [-0.05, 0) is 37.0 Å². The molecule has 114 valence electrons. The van der Waals surface area contributed by atoms with Gasteiger partial charge in [0.2, 0.25) is 6.79 Å². The lowest BCUT2D eigenvalue weighted by atomic mass is 9.86. The molecule has 0 radical (unpaired) electrons. The Morgan fingerprint density at radius 1 is 1.38 bits per heavy atom. The molecule has 0 spiro atoms. The molecule has 0 saturated heterocycles. The van der Waals surface area contributed by atoms with Gasteiger partial charge >= 0.3 is 5.97 Å². The molecule has 2 N–H and O–H groups in total. The minimum atomic E-state index is -0.687. The van der Waals surface area contributed by atoms with E-state index in [4.69, 9.17) is 26.2 Å². The normalized spacial score (nSPS) is 24.0. The Kier molecular flexibility index (Phi) is 4.22. The zero-order valence-electron chi connectivity index (χ0n) is 11.6. The molecule has 1 aromatic rings. The van der Waals surface area contributed by atoms with Gasteiger partial charge < -0.3 is 19.9 Å². The lowest BCUT2D eigenvalue weighted by molar-refractivity contribution is -0.143. The van der Waals surface area contributed by atoms with Crippen LogP contribution in [0, 0.1) is 5.92 Å². The third kappa shape index (κ3) is 3.24. The minimum absolute atomic E-state index is 0.203. The molecule has 2 unspecified atom stereocenters. The van der Waals surface area contributed by atoms with Crippen LogP contribution in [0.3, 0.4) is 0 Å². The van der Waals surface area contributed by atoms with Gasteiger partial charge in [0.05, 0.1) is 10.9 Å². The predicted molar refractivity (Wildman–Crippen MR) is 77.8 cm³/mol. The van der Waals surface area contributed by atoms with Crippen LogP contribution in [0.1, 0.15) is 31.2 Å². The maximum absolute atomic E-state index is 11.1. The summed E-state index contributed by atoms with van der Waals surface area (Å²) in [5.74, 6) is 0.361. The third-order valence-corrected chi connectivity index (χ3v) is 4.39. The SMILES string of the molecule is O=C(O)C1CCCC(NCc2cc(Cl)c3c(c2)OCO3)C1. The van der Waals surface area contributed by atoms with Gasteiger partial charge in [-0.15, -0.1) is 0 Å². The van der Waals surface area contributed by atoms with Gasteiger partial charge in [-0.3, -0.25) is 4.79 Å². The van der Waals surface area contributed by atoms with E-state index in [-0.39, 0.29) is 18.8 Å². The third-order valence-electron chi connectivity index (χ3n) is 4.11. The largest absolute Gasteiger partial charge is 0.481 e. The Balaban J connectivity index is 1.60. The standard InChI is InChI=1S/C15H18ClNO4/c16-12-4-9(5-13-14(12)21-8-20-13)7-17-11-3-1-2-10(6-11)15(18)19/h4-5,10-11,17H,1-3,6-8H2,(H,18,19). The summed E-state index contributed by atoms with van der Waals surface area (Å²) in [5, 5.41) is 13.1. The zero-order chi connectivity index (χ0) is 14.8. The molecule has 1 aliphatic heterocycles. The van der Waals surface area contributed by atoms with Crippen molar-refractivity contribution >= 4 is 17.6 Å². The monoisotopic (exact) mass is 311 g/mol. The number of hydrogen-bond acceptors (Lipinski definition) is 4. The van der Waals surface area contributed by atoms with Gasteiger partial charge in [-0.25, -0.2) is 0 Å². The molecular weight excluding hydrogens is 294 g/mol. The highest BCUT2D eigenvalue weighted by atomic mass is 35.5. The van der Waals surface area contributed by atoms with Crippen molar-refractivity contribution in [3.05, 3.63) is 22.7 Å². The van der Waals surface area contributed by atoms with Crippen LogP contribution in [0.4, 0.5) is 0 Å². The molecule has 21 heavy (non-hydrogen) atoms. The number of benzene rings is 1. The Labute approximate surface area is 128 Å². The smallest absolute Gasteiger partial charge is 0.306 e. The molecule has 1 heterocycles. The van der Waals surface area contributed by atoms with Crippen molar-refractivity contribution in [2.24, 2.45) is 5.92 Å². The number of halogens is 1. The first-order valence-corrected chi connectivity index (χ1v) is 7.55. The fourth-order valence-corrected chi connectivity index (χ4v) is 3.27. The Morgan fingerprint density at radius 2 is 2.24 bits per heavy atom. The fraction of sp³-hybridized carbons (Fsp3) is 0.533. The molecule has 1 fully saturated rings. The van der Waals surface area contributed by atoms with Gasteiger partial charge in [0.25, 0.3) is 0 Å². The van der Waals surface area contributed by atoms with Crippen molar-refractivity contribution in [1.29, 1.82) is 0 Å². The minimum Gasteiger partial charge on any atom is -0.481 e. The quantitative estimate of drug-likeness (QED) is 0.895. The van der Waals surface area contributed by atoms with Crippen LogP contribution in [0.15, 0.2) is 12.1 Å². The molecule has 2 aliphatic rings. The van der Waals surface area contributed by atoms with Crippen molar-refractivity contribution < 1.29 is 19.4 Å². The molecule has 3 rings (SSSR count). The van der Waals surface area contributed by atoms with Gasteiger partial charge in [0.1, 0.15) is 0 Å². The van der Waals surface area contributed by atoms with E-state index in [1.165, 1.54) is 0 Å². The molecule has 1 aliphatic carbocycles. The number of carbonyl (C=O) groups is 1. The van der Waals surface area contributed by atoms with E-state index >= 15 is 0 Å². The highest BCUT2D eigenvalue weighted by molar-refractivity contribution is 6.32. The fourth-order valence-electron chi connectivity index (χ4n) is 2.98. The van der Waals surface area contributed by atoms with Crippen LogP contribution < -0.4 is 14.8 Å². The number of hydrogen-bond donors (Lipinski definition) is 2. The summed E-state index contributed by atoms with van der Waals surface area (Å²) in [6.45, 7) is 0.849. The van der Waals surface area contributed by atoms with Gasteiger partial charge in [0.15, 0.2) is 11.5 Å². The molecular formula is C15H18ClNO4. The number of aliphatic carboxylic acids is 1. The second-order valence-electron chi connectivity index (χ2n) is 5.59. The van der Waals surface area contributed by atoms with Crippen LogP contribution in [-0.2, 0) is 11.3 Å². The van der Waals surface area contributed by atoms with Gasteiger partial charge in [0, 0.05) is 12.6 Å². The summed E-state index contributed by atoms with van der Waals surface area (Å²) in [6, 6.07) is 4.02. The topological polar surface area (TPSA) is 67.8 Å². The zero-order valence-corrected chi connectivity index (χ0v) is 12.4. The number of nitrogens with one attached hydrogen (secondary N) is 1. The number of carboxylic acids is 1. The van der Waals surface area contributed by atoms with E-state index in [9.17, 15) is 4.79 Å². The van der Waals surface area contributed by atoms with Crippen molar-refractivity contribution in [3.8, 4) is 11.5 Å². The van der Waals surface area contributed by atoms with Crippen LogP contribution in [-0.4, -0.2) is 23.9 Å². The predicted octanol–water partition coefficient (Wildman–Crippen LogP) is 2.80. The average molecular weight is 312 g/mol. The first kappa shape index (κ1) is 14.5. The molecule has 6 heteroatoms. The van der Waals surface area contributed by atoms with E-state index < -0.39 is 5.97 Å². The highest BCUT2D eigenvalue weighted by Crippen LogP contribution is 2.39. The van der Waals surface area contributed by atoms with Crippen molar-refractivity contribution in [2.75, 3.05) is 6.79 Å². The van der Waals surface area contributed by atoms with Gasteiger partial charge in [-0.1, -0.05) is 18.0 Å². The molecule has 0 amide bonds. The molecule has 5 nitrogen and oxygen atoms in total. The molecule has 0 bridgehead atoms. The highest BCUT2D eigenvalue weighted by Gasteiger charge is 2.26. The summed E-state index contributed by atoms with van der Waals surface area (Å²) in [4.78, 5) is 11.1. The number of ether oxygens (including phenoxy) is 2. The first-order chi connectivity index (χ1) is 10.1. The molecule has 1 saturated carbocycles. The van der Waals surface area contributed by atoms with Crippen molar-refractivity contribution in [1.82, 2.24) is 5.32 Å². The number of fused-ring (bicyclic) bond motifs is 1. The summed E-state index contributed by atoms with van der Waals surface area (Å²) in [6.07, 6.45) is 3.44. The molecule has 0 aromatic heterocycles. The van der Waals surface area contributed by atoms with Crippen molar-refractivity contribution in [2.45, 2.75) is 38.3 Å². The van der Waals surface area contributed by atoms with E-state index in [1.807, 2.05) is 12.1 Å². The second-order valence-corrected chi connectivity index (χ2v) is 6.00. The molecule has 2 atom stereocenters. The summed E-state index contributed by atoms with van der Waals surface area (Å²) >= 11 is 6.15. The summed E-state index contributed by atoms with van der Waals surface area (Å²) in [5.41, 5.74) is 1.02. The maximum Gasteiger partial charge on any atom is 0.306 e. The lowest BCUT2D eigenvalue weighted by Gasteiger charge is -2.27. The van der Waals surface area contributed by atoms with E-state index in [0.717, 1.165) is 24.8 Å². The number of rotatable bonds is 4. The maximum atomic E-state index is 11.1.